The van der Waals surface area contributed by atoms with Crippen molar-refractivity contribution in [3.63, 3.8) is 0 Å². The monoisotopic (exact) mass is 284 g/mol. The number of nitrogens with two attached hydrogens (primary N) is 1. The second-order valence-electron chi connectivity index (χ2n) is 5.60. The zero-order valence-electron chi connectivity index (χ0n) is 12.3. The number of methoxy groups -OCH3 is 1. The molecule has 1 aromatic rings. The molecule has 4 heteroatoms. The standard InChI is InChI=1S/C15H25ClN2O/c1-15(2,19-4)9-14(10-17)18(3)11-12-6-5-7-13(16)8-12/h5-8,14H,9-11,17H2,1-4H3. The van der Waals surface area contributed by atoms with Crippen LogP contribution in [0.3, 0.4) is 0 Å². The molecule has 0 aliphatic carbocycles. The van der Waals surface area contributed by atoms with Crippen LogP contribution in [0.5, 0.6) is 0 Å². The van der Waals surface area contributed by atoms with Crippen molar-refractivity contribution in [2.45, 2.75) is 38.5 Å². The van der Waals surface area contributed by atoms with Crippen LogP contribution < -0.4 is 5.73 Å². The summed E-state index contributed by atoms with van der Waals surface area (Å²) in [6.45, 7) is 5.62. The van der Waals surface area contributed by atoms with Gasteiger partial charge in [0, 0.05) is 31.3 Å². The van der Waals surface area contributed by atoms with Gasteiger partial charge in [-0.1, -0.05) is 23.7 Å². The summed E-state index contributed by atoms with van der Waals surface area (Å²) in [5, 5.41) is 0.771. The summed E-state index contributed by atoms with van der Waals surface area (Å²) in [6, 6.07) is 8.22. The summed E-state index contributed by atoms with van der Waals surface area (Å²) in [5.41, 5.74) is 6.93. The van der Waals surface area contributed by atoms with E-state index in [9.17, 15) is 0 Å². The summed E-state index contributed by atoms with van der Waals surface area (Å²) in [5.74, 6) is 0. The van der Waals surface area contributed by atoms with E-state index in [2.05, 4.69) is 31.9 Å². The summed E-state index contributed by atoms with van der Waals surface area (Å²) in [4.78, 5) is 2.26. The van der Waals surface area contributed by atoms with Gasteiger partial charge in [0.1, 0.15) is 0 Å². The topological polar surface area (TPSA) is 38.5 Å². The molecule has 0 amide bonds. The summed E-state index contributed by atoms with van der Waals surface area (Å²) < 4.78 is 5.49. The van der Waals surface area contributed by atoms with E-state index in [0.717, 1.165) is 18.0 Å². The minimum absolute atomic E-state index is 0.160. The van der Waals surface area contributed by atoms with Crippen molar-refractivity contribution in [1.29, 1.82) is 0 Å². The zero-order valence-corrected chi connectivity index (χ0v) is 13.1. The van der Waals surface area contributed by atoms with Gasteiger partial charge >= 0.3 is 0 Å². The molecule has 1 rings (SSSR count). The van der Waals surface area contributed by atoms with Crippen LogP contribution in [0.4, 0.5) is 0 Å². The Balaban J connectivity index is 2.66. The molecular weight excluding hydrogens is 260 g/mol. The molecule has 108 valence electrons. The van der Waals surface area contributed by atoms with Crippen molar-refractivity contribution < 1.29 is 4.74 Å². The third kappa shape index (κ3) is 5.49. The van der Waals surface area contributed by atoms with Gasteiger partial charge in [-0.3, -0.25) is 4.90 Å². The van der Waals surface area contributed by atoms with Gasteiger partial charge in [-0.25, -0.2) is 0 Å². The fraction of sp³-hybridized carbons (Fsp3) is 0.600. The largest absolute Gasteiger partial charge is 0.379 e. The van der Waals surface area contributed by atoms with Gasteiger partial charge in [0.25, 0.3) is 0 Å². The number of halogens is 1. The number of hydrogen-bond acceptors (Lipinski definition) is 3. The zero-order chi connectivity index (χ0) is 14.5. The lowest BCUT2D eigenvalue weighted by atomic mass is 9.97. The van der Waals surface area contributed by atoms with Crippen molar-refractivity contribution in [2.24, 2.45) is 5.73 Å². The molecule has 0 saturated heterocycles. The molecule has 0 aliphatic heterocycles. The van der Waals surface area contributed by atoms with Crippen molar-refractivity contribution in [3.05, 3.63) is 34.9 Å². The highest BCUT2D eigenvalue weighted by Gasteiger charge is 2.24. The molecule has 2 N–H and O–H groups in total. The Morgan fingerprint density at radius 2 is 2.11 bits per heavy atom. The molecule has 0 aromatic heterocycles. The van der Waals surface area contributed by atoms with Crippen LogP contribution in [0, 0.1) is 0 Å². The van der Waals surface area contributed by atoms with E-state index in [1.807, 2.05) is 18.2 Å². The Bertz CT molecular complexity index is 395. The highest BCUT2D eigenvalue weighted by Crippen LogP contribution is 2.20. The first-order chi connectivity index (χ1) is 8.88. The van der Waals surface area contributed by atoms with E-state index in [1.54, 1.807) is 7.11 Å². The molecule has 19 heavy (non-hydrogen) atoms. The molecule has 0 bridgehead atoms. The molecule has 1 atom stereocenters. The van der Waals surface area contributed by atoms with Gasteiger partial charge in [-0.2, -0.15) is 0 Å². The summed E-state index contributed by atoms with van der Waals surface area (Å²) >= 11 is 6.01. The molecule has 1 aromatic carbocycles. The van der Waals surface area contributed by atoms with E-state index in [4.69, 9.17) is 22.1 Å². The third-order valence-corrected chi connectivity index (χ3v) is 3.73. The van der Waals surface area contributed by atoms with E-state index in [-0.39, 0.29) is 11.6 Å². The quantitative estimate of drug-likeness (QED) is 0.837. The van der Waals surface area contributed by atoms with Crippen LogP contribution in [0.1, 0.15) is 25.8 Å². The van der Waals surface area contributed by atoms with E-state index < -0.39 is 0 Å². The lowest BCUT2D eigenvalue weighted by Gasteiger charge is -2.33. The number of rotatable bonds is 7. The van der Waals surface area contributed by atoms with E-state index >= 15 is 0 Å². The second-order valence-corrected chi connectivity index (χ2v) is 6.04. The molecule has 0 fully saturated rings. The maximum atomic E-state index is 6.01. The number of nitrogens with zero attached hydrogens (tertiary/aromatic N) is 1. The minimum atomic E-state index is -0.160. The molecule has 0 saturated carbocycles. The summed E-state index contributed by atoms with van der Waals surface area (Å²) in [6.07, 6.45) is 0.900. The normalized spacial score (nSPS) is 13.8. The average molecular weight is 285 g/mol. The number of ether oxygens (including phenoxy) is 1. The van der Waals surface area contributed by atoms with Crippen molar-refractivity contribution in [3.8, 4) is 0 Å². The molecule has 0 aliphatic rings. The number of likely N-dealkylation sites (N-methyl/N-ethyl adjacent to an activating group) is 1. The van der Waals surface area contributed by atoms with Gasteiger partial charge in [0.15, 0.2) is 0 Å². The third-order valence-electron chi connectivity index (χ3n) is 3.50. The molecular formula is C15H25ClN2O. The maximum absolute atomic E-state index is 6.01. The second kappa shape index (κ2) is 7.25. The lowest BCUT2D eigenvalue weighted by Crippen LogP contribution is -2.43. The Morgan fingerprint density at radius 3 is 2.63 bits per heavy atom. The predicted octanol–water partition coefficient (Wildman–Crippen LogP) is 2.91. The smallest absolute Gasteiger partial charge is 0.0638 e. The fourth-order valence-electron chi connectivity index (χ4n) is 2.12. The Morgan fingerprint density at radius 1 is 1.42 bits per heavy atom. The predicted molar refractivity (Wildman–Crippen MR) is 81.5 cm³/mol. The Labute approximate surface area is 121 Å². The van der Waals surface area contributed by atoms with Gasteiger partial charge in [0.2, 0.25) is 0 Å². The number of benzene rings is 1. The first-order valence-corrected chi connectivity index (χ1v) is 6.95. The van der Waals surface area contributed by atoms with Crippen LogP contribution >= 0.6 is 11.6 Å². The lowest BCUT2D eigenvalue weighted by molar-refractivity contribution is -0.00538. The Kier molecular flexibility index (Phi) is 6.27. The van der Waals surface area contributed by atoms with Crippen molar-refractivity contribution >= 4 is 11.6 Å². The van der Waals surface area contributed by atoms with E-state index in [1.165, 1.54) is 5.56 Å². The van der Waals surface area contributed by atoms with Gasteiger partial charge in [0.05, 0.1) is 5.60 Å². The molecule has 3 nitrogen and oxygen atoms in total. The maximum Gasteiger partial charge on any atom is 0.0638 e. The molecule has 0 heterocycles. The highest BCUT2D eigenvalue weighted by atomic mass is 35.5. The Hall–Kier alpha value is -0.610. The van der Waals surface area contributed by atoms with Gasteiger partial charge in [-0.15, -0.1) is 0 Å². The van der Waals surface area contributed by atoms with Crippen LogP contribution in [0.25, 0.3) is 0 Å². The SMILES string of the molecule is COC(C)(C)CC(CN)N(C)Cc1cccc(Cl)c1. The summed E-state index contributed by atoms with van der Waals surface area (Å²) in [7, 11) is 3.83. The molecule has 0 spiro atoms. The van der Waals surface area contributed by atoms with Crippen LogP contribution in [0.15, 0.2) is 24.3 Å². The first-order valence-electron chi connectivity index (χ1n) is 6.58. The van der Waals surface area contributed by atoms with Gasteiger partial charge < -0.3 is 10.5 Å². The van der Waals surface area contributed by atoms with Crippen LogP contribution in [-0.4, -0.2) is 37.2 Å². The first kappa shape index (κ1) is 16.4. The molecule has 0 radical (unpaired) electrons. The van der Waals surface area contributed by atoms with Gasteiger partial charge in [-0.05, 0) is 45.0 Å². The average Bonchev–Trinajstić information content (AvgIpc) is 2.36. The minimum Gasteiger partial charge on any atom is -0.379 e. The van der Waals surface area contributed by atoms with E-state index in [0.29, 0.717) is 6.54 Å². The number of hydrogen-bond donors (Lipinski definition) is 1. The highest BCUT2D eigenvalue weighted by molar-refractivity contribution is 6.30. The molecule has 1 unspecified atom stereocenters. The van der Waals surface area contributed by atoms with Crippen molar-refractivity contribution in [1.82, 2.24) is 4.90 Å². The van der Waals surface area contributed by atoms with Crippen molar-refractivity contribution in [2.75, 3.05) is 20.7 Å². The fourth-order valence-corrected chi connectivity index (χ4v) is 2.34. The van der Waals surface area contributed by atoms with Crippen LogP contribution in [-0.2, 0) is 11.3 Å². The van der Waals surface area contributed by atoms with Crippen LogP contribution in [0.2, 0.25) is 5.02 Å².